The van der Waals surface area contributed by atoms with Gasteiger partial charge in [0.15, 0.2) is 0 Å². The van der Waals surface area contributed by atoms with Crippen molar-refractivity contribution in [1.29, 1.82) is 0 Å². The summed E-state index contributed by atoms with van der Waals surface area (Å²) in [4.78, 5) is 15.7. The molecule has 1 amide bonds. The van der Waals surface area contributed by atoms with Gasteiger partial charge in [-0.2, -0.15) is 0 Å². The van der Waals surface area contributed by atoms with Gasteiger partial charge in [0.2, 0.25) is 0 Å². The van der Waals surface area contributed by atoms with E-state index in [0.29, 0.717) is 11.6 Å². The van der Waals surface area contributed by atoms with Crippen molar-refractivity contribution in [2.75, 3.05) is 6.26 Å². The summed E-state index contributed by atoms with van der Waals surface area (Å²) in [7, 11) is 0. The fourth-order valence-electron chi connectivity index (χ4n) is 1.16. The summed E-state index contributed by atoms with van der Waals surface area (Å²) in [5.41, 5.74) is 0.705. The van der Waals surface area contributed by atoms with E-state index in [0.717, 1.165) is 17.9 Å². The van der Waals surface area contributed by atoms with Gasteiger partial charge in [-0.15, -0.1) is 11.8 Å². The van der Waals surface area contributed by atoms with Crippen molar-refractivity contribution in [3.8, 4) is 0 Å². The Kier molecular flexibility index (Phi) is 5.32. The molecule has 0 bridgehead atoms. The molecule has 4 heteroatoms. The largest absolute Gasteiger partial charge is 0.349 e. The van der Waals surface area contributed by atoms with Crippen LogP contribution in [-0.2, 0) is 0 Å². The Bertz CT molecular complexity index is 351. The first kappa shape index (κ1) is 13.0. The molecule has 1 aromatic rings. The number of aromatic nitrogens is 1. The number of hydrogen-bond donors (Lipinski definition) is 1. The Morgan fingerprint density at radius 2 is 2.19 bits per heavy atom. The molecule has 0 radical (unpaired) electrons. The number of nitrogens with one attached hydrogen (secondary N) is 1. The summed E-state index contributed by atoms with van der Waals surface area (Å²) in [6.45, 7) is 4.00. The predicted molar refractivity (Wildman–Crippen MR) is 67.9 cm³/mol. The summed E-state index contributed by atoms with van der Waals surface area (Å²) in [5.74, 6) is 0.0187. The standard InChI is InChI=1S/C10H12N2OS.C2H6/c1-14-9-6-7(4-5-11-9)10(13)12-8-2-3-8;1-2/h4-6,8H,2-3H2,1H3,(H,12,13);1-2H3. The molecular formula is C12H18N2OS. The minimum atomic E-state index is 0.0187. The number of thioether (sulfide) groups is 1. The monoisotopic (exact) mass is 238 g/mol. The number of carbonyl (C=O) groups excluding carboxylic acids is 1. The minimum Gasteiger partial charge on any atom is -0.349 e. The number of hydrogen-bond acceptors (Lipinski definition) is 3. The normalized spacial score (nSPS) is 13.7. The maximum absolute atomic E-state index is 11.6. The molecule has 1 fully saturated rings. The number of pyridine rings is 1. The fraction of sp³-hybridized carbons (Fsp3) is 0.500. The Morgan fingerprint density at radius 3 is 2.75 bits per heavy atom. The maximum atomic E-state index is 11.6. The first-order valence-corrected chi connectivity index (χ1v) is 6.83. The van der Waals surface area contributed by atoms with Gasteiger partial charge in [0.25, 0.3) is 5.91 Å². The molecule has 0 aromatic carbocycles. The molecule has 88 valence electrons. The molecule has 1 aliphatic rings. The number of amides is 1. The van der Waals surface area contributed by atoms with Crippen LogP contribution in [0.15, 0.2) is 23.4 Å². The van der Waals surface area contributed by atoms with Crippen LogP contribution < -0.4 is 5.32 Å². The summed E-state index contributed by atoms with van der Waals surface area (Å²) in [5, 5.41) is 3.83. The van der Waals surface area contributed by atoms with Gasteiger partial charge in [-0.05, 0) is 31.2 Å². The molecule has 3 nitrogen and oxygen atoms in total. The highest BCUT2D eigenvalue weighted by molar-refractivity contribution is 7.98. The fourth-order valence-corrected chi connectivity index (χ4v) is 1.57. The van der Waals surface area contributed by atoms with E-state index in [1.165, 1.54) is 0 Å². The molecule has 0 unspecified atom stereocenters. The lowest BCUT2D eigenvalue weighted by Crippen LogP contribution is -2.25. The van der Waals surface area contributed by atoms with Crippen molar-refractivity contribution >= 4 is 17.7 Å². The van der Waals surface area contributed by atoms with E-state index in [-0.39, 0.29) is 5.91 Å². The third-order valence-electron chi connectivity index (χ3n) is 2.12. The van der Waals surface area contributed by atoms with E-state index in [4.69, 9.17) is 0 Å². The highest BCUT2D eigenvalue weighted by atomic mass is 32.2. The van der Waals surface area contributed by atoms with Crippen LogP contribution in [-0.4, -0.2) is 23.2 Å². The summed E-state index contributed by atoms with van der Waals surface area (Å²) >= 11 is 1.54. The van der Waals surface area contributed by atoms with Crippen molar-refractivity contribution in [2.24, 2.45) is 0 Å². The third kappa shape index (κ3) is 3.85. The molecular weight excluding hydrogens is 220 g/mol. The second-order valence-corrected chi connectivity index (χ2v) is 4.16. The van der Waals surface area contributed by atoms with Crippen LogP contribution in [0.2, 0.25) is 0 Å². The van der Waals surface area contributed by atoms with Crippen LogP contribution in [0.4, 0.5) is 0 Å². The Balaban J connectivity index is 0.000000606. The van der Waals surface area contributed by atoms with E-state index >= 15 is 0 Å². The second kappa shape index (κ2) is 6.53. The molecule has 0 spiro atoms. The first-order valence-electron chi connectivity index (χ1n) is 5.60. The Hall–Kier alpha value is -1.03. The summed E-state index contributed by atoms with van der Waals surface area (Å²) in [6.07, 6.45) is 5.86. The topological polar surface area (TPSA) is 42.0 Å². The van der Waals surface area contributed by atoms with Gasteiger partial charge in [0, 0.05) is 17.8 Å². The van der Waals surface area contributed by atoms with E-state index in [9.17, 15) is 4.79 Å². The van der Waals surface area contributed by atoms with Crippen LogP contribution >= 0.6 is 11.8 Å². The van der Waals surface area contributed by atoms with Crippen LogP contribution in [0.25, 0.3) is 0 Å². The van der Waals surface area contributed by atoms with Crippen molar-refractivity contribution in [3.05, 3.63) is 23.9 Å². The van der Waals surface area contributed by atoms with Crippen LogP contribution in [0.1, 0.15) is 37.0 Å². The van der Waals surface area contributed by atoms with Gasteiger partial charge in [0.1, 0.15) is 0 Å². The zero-order valence-corrected chi connectivity index (χ0v) is 10.8. The van der Waals surface area contributed by atoms with E-state index in [2.05, 4.69) is 10.3 Å². The molecule has 1 aromatic heterocycles. The predicted octanol–water partition coefficient (Wildman–Crippen LogP) is 2.72. The average Bonchev–Trinajstić information content (AvgIpc) is 3.15. The van der Waals surface area contributed by atoms with Crippen LogP contribution in [0.5, 0.6) is 0 Å². The number of rotatable bonds is 3. The molecule has 1 heterocycles. The van der Waals surface area contributed by atoms with Gasteiger partial charge in [-0.3, -0.25) is 4.79 Å². The lowest BCUT2D eigenvalue weighted by atomic mass is 10.2. The van der Waals surface area contributed by atoms with Crippen molar-refractivity contribution < 1.29 is 4.79 Å². The molecule has 0 saturated heterocycles. The highest BCUT2D eigenvalue weighted by Crippen LogP contribution is 2.20. The average molecular weight is 238 g/mol. The summed E-state index contributed by atoms with van der Waals surface area (Å²) in [6, 6.07) is 3.98. The smallest absolute Gasteiger partial charge is 0.251 e. The Labute approximate surface area is 101 Å². The zero-order chi connectivity index (χ0) is 12.0. The van der Waals surface area contributed by atoms with Crippen molar-refractivity contribution in [3.63, 3.8) is 0 Å². The highest BCUT2D eigenvalue weighted by Gasteiger charge is 2.23. The molecule has 0 atom stereocenters. The maximum Gasteiger partial charge on any atom is 0.251 e. The number of nitrogens with zero attached hydrogens (tertiary/aromatic N) is 1. The van der Waals surface area contributed by atoms with Gasteiger partial charge >= 0.3 is 0 Å². The van der Waals surface area contributed by atoms with E-state index < -0.39 is 0 Å². The lowest BCUT2D eigenvalue weighted by molar-refractivity contribution is 0.0950. The van der Waals surface area contributed by atoms with Gasteiger partial charge in [-0.1, -0.05) is 13.8 Å². The SMILES string of the molecule is CC.CSc1cc(C(=O)NC2CC2)ccn1. The number of carbonyl (C=O) groups is 1. The van der Waals surface area contributed by atoms with Gasteiger partial charge in [-0.25, -0.2) is 4.98 Å². The minimum absolute atomic E-state index is 0.0187. The van der Waals surface area contributed by atoms with Crippen LogP contribution in [0.3, 0.4) is 0 Å². The molecule has 1 aliphatic carbocycles. The first-order chi connectivity index (χ1) is 7.79. The Morgan fingerprint density at radius 1 is 1.50 bits per heavy atom. The van der Waals surface area contributed by atoms with Gasteiger partial charge < -0.3 is 5.32 Å². The molecule has 1 N–H and O–H groups in total. The molecule has 0 aliphatic heterocycles. The summed E-state index contributed by atoms with van der Waals surface area (Å²) < 4.78 is 0. The molecule has 2 rings (SSSR count). The lowest BCUT2D eigenvalue weighted by Gasteiger charge is -2.03. The van der Waals surface area contributed by atoms with Gasteiger partial charge in [0.05, 0.1) is 5.03 Å². The second-order valence-electron chi connectivity index (χ2n) is 3.33. The van der Waals surface area contributed by atoms with E-state index in [1.54, 1.807) is 24.0 Å². The van der Waals surface area contributed by atoms with Crippen LogP contribution in [0, 0.1) is 0 Å². The van der Waals surface area contributed by atoms with Crippen molar-refractivity contribution in [2.45, 2.75) is 37.8 Å². The molecule has 16 heavy (non-hydrogen) atoms. The van der Waals surface area contributed by atoms with E-state index in [1.807, 2.05) is 26.2 Å². The third-order valence-corrected chi connectivity index (χ3v) is 2.76. The molecule has 1 saturated carbocycles. The zero-order valence-electron chi connectivity index (χ0n) is 9.99. The van der Waals surface area contributed by atoms with Crippen molar-refractivity contribution in [1.82, 2.24) is 10.3 Å². The quantitative estimate of drug-likeness (QED) is 0.823.